The third kappa shape index (κ3) is 2.54. The smallest absolute Gasteiger partial charge is 0.354 e. The third-order valence-corrected chi connectivity index (χ3v) is 2.79. The maximum Gasteiger partial charge on any atom is 0.354 e. The van der Waals surface area contributed by atoms with Crippen molar-refractivity contribution in [3.63, 3.8) is 0 Å². The molecule has 1 N–H and O–H groups in total. The van der Waals surface area contributed by atoms with Crippen LogP contribution in [0.5, 0.6) is 0 Å². The number of halogens is 2. The molecular formula is C11H6Cl2N2O2. The second kappa shape index (κ2) is 4.69. The highest BCUT2D eigenvalue weighted by molar-refractivity contribution is 6.42. The Bertz CT molecular complexity index is 587. The second-order valence-corrected chi connectivity index (χ2v) is 4.01. The number of hydrogen-bond acceptors (Lipinski definition) is 3. The summed E-state index contributed by atoms with van der Waals surface area (Å²) < 4.78 is 0. The summed E-state index contributed by atoms with van der Waals surface area (Å²) in [5, 5.41) is 9.61. The van der Waals surface area contributed by atoms with Gasteiger partial charge >= 0.3 is 5.97 Å². The molecule has 86 valence electrons. The zero-order valence-electron chi connectivity index (χ0n) is 8.39. The molecule has 6 heteroatoms. The van der Waals surface area contributed by atoms with Crippen LogP contribution in [0.3, 0.4) is 0 Å². The van der Waals surface area contributed by atoms with Crippen molar-refractivity contribution in [1.82, 2.24) is 9.97 Å². The van der Waals surface area contributed by atoms with E-state index in [1.807, 2.05) is 0 Å². The molecule has 0 unspecified atom stereocenters. The monoisotopic (exact) mass is 268 g/mol. The molecule has 0 fully saturated rings. The van der Waals surface area contributed by atoms with Crippen LogP contribution in [0.2, 0.25) is 10.0 Å². The van der Waals surface area contributed by atoms with Crippen LogP contribution in [0.25, 0.3) is 11.4 Å². The molecule has 0 spiro atoms. The van der Waals surface area contributed by atoms with Crippen molar-refractivity contribution >= 4 is 29.2 Å². The lowest BCUT2D eigenvalue weighted by Crippen LogP contribution is -2.02. The summed E-state index contributed by atoms with van der Waals surface area (Å²) in [6, 6.07) is 6.19. The van der Waals surface area contributed by atoms with E-state index >= 15 is 0 Å². The molecule has 2 aromatic rings. The summed E-state index contributed by atoms with van der Waals surface area (Å²) in [7, 11) is 0. The number of carboxylic acids is 1. The zero-order chi connectivity index (χ0) is 12.4. The molecule has 1 aromatic carbocycles. The van der Waals surface area contributed by atoms with Gasteiger partial charge in [0.15, 0.2) is 11.5 Å². The van der Waals surface area contributed by atoms with Crippen molar-refractivity contribution in [3.8, 4) is 11.4 Å². The molecule has 17 heavy (non-hydrogen) atoms. The number of hydrogen-bond donors (Lipinski definition) is 1. The fourth-order valence-electron chi connectivity index (χ4n) is 1.25. The predicted molar refractivity (Wildman–Crippen MR) is 64.4 cm³/mol. The van der Waals surface area contributed by atoms with Crippen molar-refractivity contribution in [3.05, 3.63) is 46.2 Å². The summed E-state index contributed by atoms with van der Waals surface area (Å²) in [5.41, 5.74) is 0.545. The Labute approximate surface area is 107 Å². The number of rotatable bonds is 2. The predicted octanol–water partition coefficient (Wildman–Crippen LogP) is 3.15. The van der Waals surface area contributed by atoms with Crippen LogP contribution in [-0.4, -0.2) is 21.0 Å². The zero-order valence-corrected chi connectivity index (χ0v) is 9.90. The van der Waals surface area contributed by atoms with Gasteiger partial charge in [-0.1, -0.05) is 23.2 Å². The molecule has 0 bridgehead atoms. The summed E-state index contributed by atoms with van der Waals surface area (Å²) in [5.74, 6) is -0.808. The van der Waals surface area contributed by atoms with E-state index in [-0.39, 0.29) is 5.69 Å². The Balaban J connectivity index is 2.49. The van der Waals surface area contributed by atoms with Crippen LogP contribution in [0.4, 0.5) is 0 Å². The van der Waals surface area contributed by atoms with E-state index in [1.165, 1.54) is 12.3 Å². The van der Waals surface area contributed by atoms with Gasteiger partial charge in [0, 0.05) is 11.8 Å². The average Bonchev–Trinajstić information content (AvgIpc) is 2.33. The topological polar surface area (TPSA) is 63.1 Å². The van der Waals surface area contributed by atoms with Crippen LogP contribution in [0, 0.1) is 0 Å². The van der Waals surface area contributed by atoms with E-state index < -0.39 is 5.97 Å². The summed E-state index contributed by atoms with van der Waals surface area (Å²) >= 11 is 11.6. The summed E-state index contributed by atoms with van der Waals surface area (Å²) in [4.78, 5) is 18.7. The molecule has 0 saturated heterocycles. The first-order valence-corrected chi connectivity index (χ1v) is 5.35. The van der Waals surface area contributed by atoms with Gasteiger partial charge < -0.3 is 5.11 Å². The van der Waals surface area contributed by atoms with Crippen LogP contribution >= 0.6 is 23.2 Å². The van der Waals surface area contributed by atoms with Gasteiger partial charge in [0.25, 0.3) is 0 Å². The average molecular weight is 269 g/mol. The van der Waals surface area contributed by atoms with Gasteiger partial charge in [0.05, 0.1) is 10.0 Å². The van der Waals surface area contributed by atoms with Gasteiger partial charge in [-0.05, 0) is 24.3 Å². The van der Waals surface area contributed by atoms with E-state index in [0.29, 0.717) is 21.4 Å². The highest BCUT2D eigenvalue weighted by atomic mass is 35.5. The van der Waals surface area contributed by atoms with Crippen LogP contribution in [0.15, 0.2) is 30.5 Å². The minimum absolute atomic E-state index is 0.0685. The molecule has 0 amide bonds. The first kappa shape index (κ1) is 11.8. The van der Waals surface area contributed by atoms with E-state index in [4.69, 9.17) is 28.3 Å². The third-order valence-electron chi connectivity index (χ3n) is 2.05. The normalized spacial score (nSPS) is 10.2. The van der Waals surface area contributed by atoms with Gasteiger partial charge in [-0.15, -0.1) is 0 Å². The van der Waals surface area contributed by atoms with Crippen molar-refractivity contribution < 1.29 is 9.90 Å². The molecule has 0 aliphatic carbocycles. The molecular weight excluding hydrogens is 263 g/mol. The molecule has 2 rings (SSSR count). The largest absolute Gasteiger partial charge is 0.477 e. The molecule has 0 radical (unpaired) electrons. The Morgan fingerprint density at radius 1 is 1.18 bits per heavy atom. The number of carbonyl (C=O) groups is 1. The standard InChI is InChI=1S/C11H6Cl2N2O2/c12-7-2-1-6(5-8(7)13)10-14-4-3-9(15-10)11(16)17/h1-5H,(H,16,17). The van der Waals surface area contributed by atoms with Gasteiger partial charge in [0.2, 0.25) is 0 Å². The Kier molecular flexibility index (Phi) is 3.26. The fourth-order valence-corrected chi connectivity index (χ4v) is 1.55. The van der Waals surface area contributed by atoms with Gasteiger partial charge in [-0.25, -0.2) is 14.8 Å². The van der Waals surface area contributed by atoms with Crippen LogP contribution in [0.1, 0.15) is 10.5 Å². The number of benzene rings is 1. The SMILES string of the molecule is O=C(O)c1ccnc(-c2ccc(Cl)c(Cl)c2)n1. The summed E-state index contributed by atoms with van der Waals surface area (Å²) in [6.45, 7) is 0. The Morgan fingerprint density at radius 2 is 1.94 bits per heavy atom. The highest BCUT2D eigenvalue weighted by Crippen LogP contribution is 2.26. The molecule has 1 heterocycles. The highest BCUT2D eigenvalue weighted by Gasteiger charge is 2.09. The fraction of sp³-hybridized carbons (Fsp3) is 0. The Morgan fingerprint density at radius 3 is 2.59 bits per heavy atom. The number of aromatic nitrogens is 2. The molecule has 0 atom stereocenters. The van der Waals surface area contributed by atoms with Crippen molar-refractivity contribution in [2.75, 3.05) is 0 Å². The summed E-state index contributed by atoms with van der Waals surface area (Å²) in [6.07, 6.45) is 1.38. The van der Waals surface area contributed by atoms with Crippen LogP contribution < -0.4 is 0 Å². The number of carboxylic acid groups (broad SMARTS) is 1. The van der Waals surface area contributed by atoms with Gasteiger partial charge in [-0.2, -0.15) is 0 Å². The first-order chi connectivity index (χ1) is 8.08. The van der Waals surface area contributed by atoms with Gasteiger partial charge in [-0.3, -0.25) is 0 Å². The molecule has 0 saturated carbocycles. The maximum atomic E-state index is 10.8. The minimum Gasteiger partial charge on any atom is -0.477 e. The Hall–Kier alpha value is -1.65. The van der Waals surface area contributed by atoms with E-state index in [1.54, 1.807) is 18.2 Å². The molecule has 0 aliphatic heterocycles. The second-order valence-electron chi connectivity index (χ2n) is 3.20. The van der Waals surface area contributed by atoms with Crippen molar-refractivity contribution in [2.45, 2.75) is 0 Å². The van der Waals surface area contributed by atoms with Crippen LogP contribution in [-0.2, 0) is 0 Å². The van der Waals surface area contributed by atoms with E-state index in [2.05, 4.69) is 9.97 Å². The number of aromatic carboxylic acids is 1. The lowest BCUT2D eigenvalue weighted by atomic mass is 10.2. The minimum atomic E-state index is -1.10. The van der Waals surface area contributed by atoms with Crippen molar-refractivity contribution in [1.29, 1.82) is 0 Å². The molecule has 0 aliphatic rings. The quantitative estimate of drug-likeness (QED) is 0.909. The maximum absolute atomic E-state index is 10.8. The molecule has 1 aromatic heterocycles. The molecule has 4 nitrogen and oxygen atoms in total. The van der Waals surface area contributed by atoms with E-state index in [0.717, 1.165) is 0 Å². The number of nitrogens with zero attached hydrogens (tertiary/aromatic N) is 2. The first-order valence-electron chi connectivity index (χ1n) is 4.59. The van der Waals surface area contributed by atoms with E-state index in [9.17, 15) is 4.79 Å². The van der Waals surface area contributed by atoms with Gasteiger partial charge in [0.1, 0.15) is 0 Å². The van der Waals surface area contributed by atoms with Crippen molar-refractivity contribution in [2.24, 2.45) is 0 Å². The lowest BCUT2D eigenvalue weighted by Gasteiger charge is -2.02. The lowest BCUT2D eigenvalue weighted by molar-refractivity contribution is 0.0690.